The Labute approximate surface area is 190 Å². The molecule has 0 spiro atoms. The Bertz CT molecular complexity index is 1050. The van der Waals surface area contributed by atoms with E-state index in [0.29, 0.717) is 24.1 Å². The van der Waals surface area contributed by atoms with Crippen LogP contribution in [0.15, 0.2) is 71.4 Å². The molecule has 3 rings (SSSR count). The van der Waals surface area contributed by atoms with E-state index in [2.05, 4.69) is 4.99 Å². The van der Waals surface area contributed by atoms with Crippen molar-refractivity contribution in [2.75, 3.05) is 20.4 Å². The zero-order valence-corrected chi connectivity index (χ0v) is 18.3. The van der Waals surface area contributed by atoms with Crippen molar-refractivity contribution in [2.45, 2.75) is 19.4 Å². The largest absolute Gasteiger partial charge is 0.433 e. The topological polar surface area (TPSA) is 115 Å². The maximum atomic E-state index is 12.8. The quantitative estimate of drug-likeness (QED) is 0.179. The molecule has 1 amide bonds. The third-order valence-electron chi connectivity index (χ3n) is 4.97. The maximum Gasteiger partial charge on any atom is 0.378 e. The summed E-state index contributed by atoms with van der Waals surface area (Å²) >= 11 is 0. The summed E-state index contributed by atoms with van der Waals surface area (Å²) in [7, 11) is 1.39. The summed E-state index contributed by atoms with van der Waals surface area (Å²) in [4.78, 5) is 39.8. The van der Waals surface area contributed by atoms with Gasteiger partial charge in [-0.1, -0.05) is 30.3 Å². The van der Waals surface area contributed by atoms with E-state index in [9.17, 15) is 19.7 Å². The van der Waals surface area contributed by atoms with Crippen LogP contribution in [0.3, 0.4) is 0 Å². The van der Waals surface area contributed by atoms with Gasteiger partial charge in [0.25, 0.3) is 5.69 Å². The highest BCUT2D eigenvalue weighted by atomic mass is 16.7. The average molecular weight is 452 g/mol. The summed E-state index contributed by atoms with van der Waals surface area (Å²) in [6.07, 6.45) is 2.92. The van der Waals surface area contributed by atoms with E-state index in [-0.39, 0.29) is 24.9 Å². The van der Waals surface area contributed by atoms with Gasteiger partial charge in [0.1, 0.15) is 0 Å². The molecule has 10 nitrogen and oxygen atoms in total. The minimum absolute atomic E-state index is 0.0634. The van der Waals surface area contributed by atoms with E-state index in [0.717, 1.165) is 5.56 Å². The number of nitrogens with zero attached hydrogens (tertiary/aromatic N) is 4. The molecule has 1 aliphatic rings. The number of amidine groups is 1. The average Bonchev–Trinajstić information content (AvgIpc) is 2.83. The number of carbonyl (C=O) groups excluding carboxylic acids is 2. The summed E-state index contributed by atoms with van der Waals surface area (Å²) in [6.45, 7) is 1.71. The Hall–Kier alpha value is -4.05. The molecular formula is C23H24N4O6. The van der Waals surface area contributed by atoms with Crippen LogP contribution < -0.4 is 0 Å². The van der Waals surface area contributed by atoms with Gasteiger partial charge in [0.2, 0.25) is 12.2 Å². The van der Waals surface area contributed by atoms with E-state index in [1.54, 1.807) is 25.1 Å². The van der Waals surface area contributed by atoms with Gasteiger partial charge >= 0.3 is 5.97 Å². The van der Waals surface area contributed by atoms with Crippen LogP contribution in [0.25, 0.3) is 0 Å². The number of rotatable bonds is 10. The molecule has 1 unspecified atom stereocenters. The molecule has 1 aliphatic heterocycles. The molecule has 33 heavy (non-hydrogen) atoms. The Morgan fingerprint density at radius 1 is 1.21 bits per heavy atom. The molecule has 2 aromatic rings. The van der Waals surface area contributed by atoms with Crippen LogP contribution in [0.4, 0.5) is 5.69 Å². The number of hydrogen-bond donors (Lipinski definition) is 0. The molecular weight excluding hydrogens is 428 g/mol. The molecule has 2 aromatic carbocycles. The van der Waals surface area contributed by atoms with Crippen molar-refractivity contribution in [3.8, 4) is 0 Å². The molecule has 10 heteroatoms. The number of carbonyl (C=O) groups is 2. The standard InChI is InChI=1S/C23H24N4O6/c1-17-14-21(19-8-10-20(11-9-19)27(30)31)26(22(24-17)23(29)33-16-32-2)25(15-28)13-12-18-6-4-3-5-7-18/h3-11,14-15,21H,12-13,16H2,1-2H3. The second kappa shape index (κ2) is 11.0. The van der Waals surface area contributed by atoms with Crippen LogP contribution in [-0.4, -0.2) is 53.6 Å². The highest BCUT2D eigenvalue weighted by Gasteiger charge is 2.35. The highest BCUT2D eigenvalue weighted by Crippen LogP contribution is 2.31. The molecule has 1 atom stereocenters. The number of amides is 1. The molecule has 0 N–H and O–H groups in total. The number of hydrogen-bond acceptors (Lipinski definition) is 8. The molecule has 0 saturated heterocycles. The normalized spacial score (nSPS) is 15.3. The van der Waals surface area contributed by atoms with Crippen LogP contribution >= 0.6 is 0 Å². The van der Waals surface area contributed by atoms with Crippen LogP contribution in [0.5, 0.6) is 0 Å². The lowest BCUT2D eigenvalue weighted by atomic mass is 10.0. The Balaban J connectivity index is 1.97. The molecule has 0 bridgehead atoms. The van der Waals surface area contributed by atoms with Gasteiger partial charge in [-0.15, -0.1) is 0 Å². The number of aliphatic imine (C=N–C) groups is 1. The Kier molecular flexibility index (Phi) is 7.87. The summed E-state index contributed by atoms with van der Waals surface area (Å²) in [5.74, 6) is -0.849. The number of esters is 1. The van der Waals surface area contributed by atoms with Crippen molar-refractivity contribution in [3.05, 3.63) is 87.6 Å². The van der Waals surface area contributed by atoms with E-state index in [1.165, 1.54) is 29.3 Å². The fourth-order valence-electron chi connectivity index (χ4n) is 3.41. The second-order valence-corrected chi connectivity index (χ2v) is 7.22. The van der Waals surface area contributed by atoms with E-state index >= 15 is 0 Å². The van der Waals surface area contributed by atoms with Gasteiger partial charge in [-0.25, -0.2) is 14.8 Å². The zero-order chi connectivity index (χ0) is 23.8. The summed E-state index contributed by atoms with van der Waals surface area (Å²) in [6, 6.07) is 14.9. The van der Waals surface area contributed by atoms with Gasteiger partial charge in [0.05, 0.1) is 11.0 Å². The number of allylic oxidation sites excluding steroid dienone is 1. The third-order valence-corrected chi connectivity index (χ3v) is 4.97. The molecule has 1 heterocycles. The van der Waals surface area contributed by atoms with Crippen LogP contribution in [-0.2, 0) is 25.5 Å². The number of methoxy groups -OCH3 is 1. The summed E-state index contributed by atoms with van der Waals surface area (Å²) < 4.78 is 9.94. The van der Waals surface area contributed by atoms with Crippen molar-refractivity contribution in [1.82, 2.24) is 10.0 Å². The summed E-state index contributed by atoms with van der Waals surface area (Å²) in [5, 5.41) is 13.9. The smallest absolute Gasteiger partial charge is 0.378 e. The minimum atomic E-state index is -0.761. The lowest BCUT2D eigenvalue weighted by Crippen LogP contribution is -2.52. The number of nitro groups is 1. The summed E-state index contributed by atoms with van der Waals surface area (Å²) in [5.41, 5.74) is 2.12. The predicted octanol–water partition coefficient (Wildman–Crippen LogP) is 3.02. The van der Waals surface area contributed by atoms with Gasteiger partial charge in [-0.3, -0.25) is 19.9 Å². The lowest BCUT2D eigenvalue weighted by molar-refractivity contribution is -0.384. The fourth-order valence-corrected chi connectivity index (χ4v) is 3.41. The fraction of sp³-hybridized carbons (Fsp3) is 0.261. The van der Waals surface area contributed by atoms with Gasteiger partial charge < -0.3 is 9.47 Å². The first-order chi connectivity index (χ1) is 15.9. The monoisotopic (exact) mass is 452 g/mol. The van der Waals surface area contributed by atoms with Crippen molar-refractivity contribution in [1.29, 1.82) is 0 Å². The lowest BCUT2D eigenvalue weighted by Gasteiger charge is -2.40. The van der Waals surface area contributed by atoms with E-state index < -0.39 is 16.9 Å². The van der Waals surface area contributed by atoms with Crippen molar-refractivity contribution < 1.29 is 24.0 Å². The maximum absolute atomic E-state index is 12.8. The van der Waals surface area contributed by atoms with Gasteiger partial charge in [-0.2, -0.15) is 0 Å². The van der Waals surface area contributed by atoms with Crippen LogP contribution in [0.2, 0.25) is 0 Å². The van der Waals surface area contributed by atoms with Crippen molar-refractivity contribution in [2.24, 2.45) is 4.99 Å². The molecule has 0 saturated carbocycles. The predicted molar refractivity (Wildman–Crippen MR) is 120 cm³/mol. The second-order valence-electron chi connectivity index (χ2n) is 7.22. The van der Waals surface area contributed by atoms with E-state index in [1.807, 2.05) is 30.3 Å². The molecule has 0 fully saturated rings. The van der Waals surface area contributed by atoms with Gasteiger partial charge in [-0.05, 0) is 42.7 Å². The molecule has 0 aromatic heterocycles. The number of benzene rings is 2. The first-order valence-corrected chi connectivity index (χ1v) is 10.2. The zero-order valence-electron chi connectivity index (χ0n) is 18.3. The highest BCUT2D eigenvalue weighted by molar-refractivity contribution is 6.35. The number of ether oxygens (including phenoxy) is 2. The molecule has 172 valence electrons. The minimum Gasteiger partial charge on any atom is -0.433 e. The van der Waals surface area contributed by atoms with Crippen LogP contribution in [0.1, 0.15) is 24.1 Å². The first-order valence-electron chi connectivity index (χ1n) is 10.2. The van der Waals surface area contributed by atoms with Gasteiger partial charge in [0.15, 0.2) is 6.79 Å². The molecule has 0 radical (unpaired) electrons. The molecule has 0 aliphatic carbocycles. The van der Waals surface area contributed by atoms with Crippen molar-refractivity contribution in [3.63, 3.8) is 0 Å². The van der Waals surface area contributed by atoms with E-state index in [4.69, 9.17) is 9.47 Å². The van der Waals surface area contributed by atoms with Crippen LogP contribution in [0, 0.1) is 10.1 Å². The van der Waals surface area contributed by atoms with Crippen molar-refractivity contribution >= 4 is 23.9 Å². The number of nitro benzene ring substituents is 1. The van der Waals surface area contributed by atoms with Gasteiger partial charge in [0, 0.05) is 31.5 Å². The third kappa shape index (κ3) is 5.80. The number of hydrazine groups is 1. The number of non-ortho nitro benzene ring substituents is 1. The Morgan fingerprint density at radius 2 is 1.91 bits per heavy atom. The SMILES string of the molecule is COCOC(=O)C1=NC(C)=CC(c2ccc([N+](=O)[O-])cc2)N1N(C=O)CCc1ccccc1. The first kappa shape index (κ1) is 23.6. The Morgan fingerprint density at radius 3 is 2.52 bits per heavy atom.